The van der Waals surface area contributed by atoms with E-state index in [-0.39, 0.29) is 31.4 Å². The van der Waals surface area contributed by atoms with Crippen molar-refractivity contribution in [2.75, 3.05) is 6.54 Å². The van der Waals surface area contributed by atoms with Crippen LogP contribution in [0.5, 0.6) is 0 Å². The summed E-state index contributed by atoms with van der Waals surface area (Å²) in [6, 6.07) is 10.7. The maximum atomic E-state index is 13.4. The van der Waals surface area contributed by atoms with Gasteiger partial charge in [-0.1, -0.05) is 36.1 Å². The third kappa shape index (κ3) is 4.38. The SMILES string of the molecule is NCC#Cc1cc(F)ccc1COCc1ccccc1F. The zero-order chi connectivity index (χ0) is 15.1. The van der Waals surface area contributed by atoms with E-state index in [9.17, 15) is 8.78 Å². The molecular weight excluding hydrogens is 272 g/mol. The Bertz CT molecular complexity index is 674. The van der Waals surface area contributed by atoms with E-state index in [2.05, 4.69) is 11.8 Å². The summed E-state index contributed by atoms with van der Waals surface area (Å²) in [4.78, 5) is 0. The molecule has 0 atom stereocenters. The van der Waals surface area contributed by atoms with Gasteiger partial charge in [0, 0.05) is 11.1 Å². The molecule has 0 aromatic heterocycles. The first kappa shape index (κ1) is 15.2. The van der Waals surface area contributed by atoms with Crippen LogP contribution >= 0.6 is 0 Å². The van der Waals surface area contributed by atoms with Gasteiger partial charge in [-0.15, -0.1) is 0 Å². The highest BCUT2D eigenvalue weighted by molar-refractivity contribution is 5.41. The van der Waals surface area contributed by atoms with Crippen LogP contribution in [0.4, 0.5) is 8.78 Å². The van der Waals surface area contributed by atoms with E-state index < -0.39 is 0 Å². The number of ether oxygens (including phenoxy) is 1. The number of halogens is 2. The number of hydrogen-bond donors (Lipinski definition) is 1. The molecule has 2 nitrogen and oxygen atoms in total. The smallest absolute Gasteiger partial charge is 0.128 e. The molecule has 0 saturated heterocycles. The average molecular weight is 287 g/mol. The molecule has 0 aliphatic carbocycles. The average Bonchev–Trinajstić information content (AvgIpc) is 2.49. The van der Waals surface area contributed by atoms with Gasteiger partial charge in [-0.3, -0.25) is 0 Å². The van der Waals surface area contributed by atoms with Gasteiger partial charge in [-0.2, -0.15) is 0 Å². The predicted molar refractivity (Wildman–Crippen MR) is 77.2 cm³/mol. The molecule has 2 aromatic carbocycles. The minimum Gasteiger partial charge on any atom is -0.372 e. The molecule has 0 amide bonds. The van der Waals surface area contributed by atoms with Gasteiger partial charge in [-0.05, 0) is 23.8 Å². The lowest BCUT2D eigenvalue weighted by atomic mass is 10.1. The van der Waals surface area contributed by atoms with E-state index in [0.717, 1.165) is 5.56 Å². The Hall–Kier alpha value is -2.22. The minimum atomic E-state index is -0.367. The van der Waals surface area contributed by atoms with Gasteiger partial charge in [0.25, 0.3) is 0 Å². The van der Waals surface area contributed by atoms with Gasteiger partial charge >= 0.3 is 0 Å². The fourth-order valence-electron chi connectivity index (χ4n) is 1.82. The van der Waals surface area contributed by atoms with E-state index in [1.54, 1.807) is 24.3 Å². The molecule has 0 heterocycles. The molecule has 0 fully saturated rings. The number of hydrogen-bond acceptors (Lipinski definition) is 2. The quantitative estimate of drug-likeness (QED) is 0.877. The maximum Gasteiger partial charge on any atom is 0.128 e. The summed E-state index contributed by atoms with van der Waals surface area (Å²) in [6.45, 7) is 0.572. The first-order valence-corrected chi connectivity index (χ1v) is 6.49. The van der Waals surface area contributed by atoms with E-state index in [4.69, 9.17) is 10.5 Å². The van der Waals surface area contributed by atoms with Crippen LogP contribution < -0.4 is 5.73 Å². The van der Waals surface area contributed by atoms with Crippen molar-refractivity contribution in [3.05, 3.63) is 70.8 Å². The third-order valence-corrected chi connectivity index (χ3v) is 2.87. The van der Waals surface area contributed by atoms with Gasteiger partial charge < -0.3 is 10.5 Å². The summed E-state index contributed by atoms with van der Waals surface area (Å²) in [5.74, 6) is 4.82. The Morgan fingerprint density at radius 2 is 1.76 bits per heavy atom. The van der Waals surface area contributed by atoms with Crippen LogP contribution in [0.2, 0.25) is 0 Å². The van der Waals surface area contributed by atoms with E-state index in [1.807, 2.05) is 0 Å². The van der Waals surface area contributed by atoms with Gasteiger partial charge in [0.2, 0.25) is 0 Å². The van der Waals surface area contributed by atoms with Crippen molar-refractivity contribution in [2.24, 2.45) is 5.73 Å². The molecule has 0 aliphatic heterocycles. The maximum absolute atomic E-state index is 13.4. The van der Waals surface area contributed by atoms with Crippen LogP contribution in [-0.2, 0) is 18.0 Å². The molecule has 21 heavy (non-hydrogen) atoms. The first-order valence-electron chi connectivity index (χ1n) is 6.49. The second-order valence-electron chi connectivity index (χ2n) is 4.39. The first-order chi connectivity index (χ1) is 10.2. The molecule has 0 unspecified atom stereocenters. The Kier molecular flexibility index (Phi) is 5.44. The van der Waals surface area contributed by atoms with Crippen molar-refractivity contribution in [1.29, 1.82) is 0 Å². The third-order valence-electron chi connectivity index (χ3n) is 2.87. The highest BCUT2D eigenvalue weighted by atomic mass is 19.1. The molecule has 2 aromatic rings. The Labute approximate surface area is 122 Å². The lowest BCUT2D eigenvalue weighted by Crippen LogP contribution is -2.00. The van der Waals surface area contributed by atoms with E-state index in [0.29, 0.717) is 11.1 Å². The normalized spacial score (nSPS) is 10.0. The molecule has 0 aliphatic rings. The highest BCUT2D eigenvalue weighted by Gasteiger charge is 2.04. The highest BCUT2D eigenvalue weighted by Crippen LogP contribution is 2.14. The molecule has 2 rings (SSSR count). The fourth-order valence-corrected chi connectivity index (χ4v) is 1.82. The van der Waals surface area contributed by atoms with Crippen LogP contribution in [0, 0.1) is 23.5 Å². The van der Waals surface area contributed by atoms with Crippen molar-refractivity contribution in [2.45, 2.75) is 13.2 Å². The van der Waals surface area contributed by atoms with Crippen LogP contribution in [0.3, 0.4) is 0 Å². The number of rotatable bonds is 4. The van der Waals surface area contributed by atoms with Crippen molar-refractivity contribution in [1.82, 2.24) is 0 Å². The second-order valence-corrected chi connectivity index (χ2v) is 4.39. The Morgan fingerprint density at radius 1 is 1.00 bits per heavy atom. The Balaban J connectivity index is 2.05. The topological polar surface area (TPSA) is 35.2 Å². The lowest BCUT2D eigenvalue weighted by Gasteiger charge is -2.07. The monoisotopic (exact) mass is 287 g/mol. The molecule has 108 valence electrons. The largest absolute Gasteiger partial charge is 0.372 e. The summed E-state index contributed by atoms with van der Waals surface area (Å²) in [5, 5.41) is 0. The molecular formula is C17H15F2NO. The molecule has 4 heteroatoms. The fraction of sp³-hybridized carbons (Fsp3) is 0.176. The predicted octanol–water partition coefficient (Wildman–Crippen LogP) is 2.99. The number of benzene rings is 2. The summed E-state index contributed by atoms with van der Waals surface area (Å²) in [5.41, 5.74) is 7.08. The van der Waals surface area contributed by atoms with Crippen molar-refractivity contribution in [3.63, 3.8) is 0 Å². The van der Waals surface area contributed by atoms with E-state index in [1.165, 1.54) is 18.2 Å². The van der Waals surface area contributed by atoms with Crippen LogP contribution in [0.15, 0.2) is 42.5 Å². The number of nitrogens with two attached hydrogens (primary N) is 1. The summed E-state index contributed by atoms with van der Waals surface area (Å²) in [7, 11) is 0. The van der Waals surface area contributed by atoms with Gasteiger partial charge in [-0.25, -0.2) is 8.78 Å². The van der Waals surface area contributed by atoms with Crippen molar-refractivity contribution < 1.29 is 13.5 Å². The van der Waals surface area contributed by atoms with E-state index >= 15 is 0 Å². The lowest BCUT2D eigenvalue weighted by molar-refractivity contribution is 0.104. The van der Waals surface area contributed by atoms with Gasteiger partial charge in [0.05, 0.1) is 19.8 Å². The Morgan fingerprint density at radius 3 is 2.52 bits per heavy atom. The van der Waals surface area contributed by atoms with Crippen LogP contribution in [0.25, 0.3) is 0 Å². The summed E-state index contributed by atoms with van der Waals surface area (Å²) in [6.07, 6.45) is 0. The standard InChI is InChI=1S/C17H15F2NO/c18-16-8-7-14(13(10-16)5-3-9-20)11-21-12-15-4-1-2-6-17(15)19/h1-2,4,6-8,10H,9,11-12,20H2. The molecule has 2 N–H and O–H groups in total. The van der Waals surface area contributed by atoms with Gasteiger partial charge in [0.1, 0.15) is 11.6 Å². The van der Waals surface area contributed by atoms with Crippen molar-refractivity contribution >= 4 is 0 Å². The van der Waals surface area contributed by atoms with Crippen molar-refractivity contribution in [3.8, 4) is 11.8 Å². The molecule has 0 radical (unpaired) electrons. The molecule has 0 spiro atoms. The minimum absolute atomic E-state index is 0.147. The molecule has 0 saturated carbocycles. The van der Waals surface area contributed by atoms with Crippen LogP contribution in [-0.4, -0.2) is 6.54 Å². The summed E-state index contributed by atoms with van der Waals surface area (Å²) < 4.78 is 32.2. The molecule has 0 bridgehead atoms. The summed E-state index contributed by atoms with van der Waals surface area (Å²) >= 11 is 0. The van der Waals surface area contributed by atoms with Crippen LogP contribution in [0.1, 0.15) is 16.7 Å². The zero-order valence-corrected chi connectivity index (χ0v) is 11.4. The zero-order valence-electron chi connectivity index (χ0n) is 11.4. The second kappa shape index (κ2) is 7.53. The van der Waals surface area contributed by atoms with Gasteiger partial charge in [0.15, 0.2) is 0 Å².